The molecule has 1 atom stereocenters. The quantitative estimate of drug-likeness (QED) is 0.839. The van der Waals surface area contributed by atoms with E-state index in [2.05, 4.69) is 22.3 Å². The molecule has 1 unspecified atom stereocenters. The third-order valence-electron chi connectivity index (χ3n) is 4.96. The predicted molar refractivity (Wildman–Crippen MR) is 99.0 cm³/mol. The molecule has 0 saturated carbocycles. The summed E-state index contributed by atoms with van der Waals surface area (Å²) < 4.78 is 5.87. The number of hydrogen-bond donors (Lipinski definition) is 2. The minimum Gasteiger partial charge on any atom is -0.488 e. The van der Waals surface area contributed by atoms with Crippen molar-refractivity contribution in [3.05, 3.63) is 53.6 Å². The zero-order valence-electron chi connectivity index (χ0n) is 14.2. The van der Waals surface area contributed by atoms with Crippen LogP contribution in [0.1, 0.15) is 17.5 Å². The minimum absolute atomic E-state index is 0.0191. The number of nitrogens with two attached hydrogens (primary N) is 1. The van der Waals surface area contributed by atoms with Crippen LogP contribution in [0, 0.1) is 0 Å². The van der Waals surface area contributed by atoms with Gasteiger partial charge in [-0.05, 0) is 42.2 Å². The number of anilines is 2. The van der Waals surface area contributed by atoms with Crippen molar-refractivity contribution in [1.82, 2.24) is 5.32 Å². The van der Waals surface area contributed by atoms with Crippen molar-refractivity contribution in [1.29, 1.82) is 0 Å². The van der Waals surface area contributed by atoms with Crippen LogP contribution < -0.4 is 20.7 Å². The molecule has 0 fully saturated rings. The second-order valence-electron chi connectivity index (χ2n) is 6.73. The standard InChI is InChI=1S/C20H23N3O2/c21-17-7-3-8-18-16(17)6-4-10-23(18)13-20(24)22-12-15-11-14-5-1-2-9-19(14)25-15/h1-3,5,7-9,15H,4,6,10-13,21H2,(H,22,24). The third kappa shape index (κ3) is 3.27. The van der Waals surface area contributed by atoms with Crippen molar-refractivity contribution in [3.63, 3.8) is 0 Å². The van der Waals surface area contributed by atoms with Gasteiger partial charge in [0.25, 0.3) is 0 Å². The lowest BCUT2D eigenvalue weighted by molar-refractivity contribution is -0.120. The van der Waals surface area contributed by atoms with Crippen molar-refractivity contribution < 1.29 is 9.53 Å². The summed E-state index contributed by atoms with van der Waals surface area (Å²) in [6.07, 6.45) is 2.87. The lowest BCUT2D eigenvalue weighted by atomic mass is 10.00. The zero-order chi connectivity index (χ0) is 17.2. The number of fused-ring (bicyclic) bond motifs is 2. The molecule has 3 N–H and O–H groups in total. The Labute approximate surface area is 147 Å². The van der Waals surface area contributed by atoms with Crippen LogP contribution in [-0.2, 0) is 17.6 Å². The van der Waals surface area contributed by atoms with Gasteiger partial charge in [-0.3, -0.25) is 4.79 Å². The summed E-state index contributed by atoms with van der Waals surface area (Å²) in [6, 6.07) is 14.0. The molecule has 5 heteroatoms. The van der Waals surface area contributed by atoms with Gasteiger partial charge in [-0.15, -0.1) is 0 Å². The van der Waals surface area contributed by atoms with Gasteiger partial charge in [0.05, 0.1) is 13.1 Å². The van der Waals surface area contributed by atoms with Crippen LogP contribution in [0.3, 0.4) is 0 Å². The summed E-state index contributed by atoms with van der Waals surface area (Å²) in [5, 5.41) is 3.02. The lowest BCUT2D eigenvalue weighted by Crippen LogP contribution is -2.42. The number of carbonyl (C=O) groups is 1. The van der Waals surface area contributed by atoms with Crippen LogP contribution in [0.15, 0.2) is 42.5 Å². The van der Waals surface area contributed by atoms with Crippen molar-refractivity contribution in [2.24, 2.45) is 0 Å². The molecule has 0 saturated heterocycles. The van der Waals surface area contributed by atoms with E-state index < -0.39 is 0 Å². The lowest BCUT2D eigenvalue weighted by Gasteiger charge is -2.31. The van der Waals surface area contributed by atoms with E-state index in [0.717, 1.165) is 48.5 Å². The maximum Gasteiger partial charge on any atom is 0.239 e. The van der Waals surface area contributed by atoms with Crippen molar-refractivity contribution in [2.75, 3.05) is 30.3 Å². The van der Waals surface area contributed by atoms with Gasteiger partial charge in [0.1, 0.15) is 11.9 Å². The number of para-hydroxylation sites is 1. The maximum atomic E-state index is 12.4. The number of carbonyl (C=O) groups excluding carboxylic acids is 1. The van der Waals surface area contributed by atoms with Crippen LogP contribution in [0.5, 0.6) is 5.75 Å². The number of ether oxygens (including phenoxy) is 1. The monoisotopic (exact) mass is 337 g/mol. The van der Waals surface area contributed by atoms with Gasteiger partial charge in [-0.2, -0.15) is 0 Å². The number of rotatable bonds is 4. The van der Waals surface area contributed by atoms with Gasteiger partial charge in [-0.25, -0.2) is 0 Å². The summed E-state index contributed by atoms with van der Waals surface area (Å²) in [7, 11) is 0. The molecule has 0 radical (unpaired) electrons. The summed E-state index contributed by atoms with van der Waals surface area (Å²) in [6.45, 7) is 1.77. The average Bonchev–Trinajstić information content (AvgIpc) is 3.04. The molecule has 2 aromatic carbocycles. The van der Waals surface area contributed by atoms with Gasteiger partial charge >= 0.3 is 0 Å². The fourth-order valence-electron chi connectivity index (χ4n) is 3.72. The Morgan fingerprint density at radius 2 is 2.12 bits per heavy atom. The number of benzene rings is 2. The fourth-order valence-corrected chi connectivity index (χ4v) is 3.72. The van der Waals surface area contributed by atoms with E-state index in [4.69, 9.17) is 10.5 Å². The first-order valence-corrected chi connectivity index (χ1v) is 8.84. The Morgan fingerprint density at radius 3 is 3.00 bits per heavy atom. The first-order chi connectivity index (χ1) is 12.2. The van der Waals surface area contributed by atoms with Crippen LogP contribution >= 0.6 is 0 Å². The van der Waals surface area contributed by atoms with Crippen LogP contribution in [0.25, 0.3) is 0 Å². The van der Waals surface area contributed by atoms with Gasteiger partial charge in [0.2, 0.25) is 5.91 Å². The summed E-state index contributed by atoms with van der Waals surface area (Å²) in [4.78, 5) is 14.5. The Morgan fingerprint density at radius 1 is 1.24 bits per heavy atom. The Kier molecular flexibility index (Phi) is 4.22. The fraction of sp³-hybridized carbons (Fsp3) is 0.350. The molecule has 0 bridgehead atoms. The van der Waals surface area contributed by atoms with Gasteiger partial charge in [0, 0.05) is 24.3 Å². The smallest absolute Gasteiger partial charge is 0.239 e. The van der Waals surface area contributed by atoms with E-state index in [-0.39, 0.29) is 12.0 Å². The molecule has 2 aliphatic rings. The maximum absolute atomic E-state index is 12.4. The molecule has 25 heavy (non-hydrogen) atoms. The second kappa shape index (κ2) is 6.67. The highest BCUT2D eigenvalue weighted by atomic mass is 16.5. The highest BCUT2D eigenvalue weighted by Crippen LogP contribution is 2.31. The molecule has 5 nitrogen and oxygen atoms in total. The molecule has 4 rings (SSSR count). The molecule has 1 amide bonds. The van der Waals surface area contributed by atoms with E-state index in [9.17, 15) is 4.79 Å². The first kappa shape index (κ1) is 15.8. The normalized spacial score (nSPS) is 18.2. The molecule has 0 aromatic heterocycles. The van der Waals surface area contributed by atoms with Gasteiger partial charge in [0.15, 0.2) is 0 Å². The molecule has 2 aromatic rings. The molecular formula is C20H23N3O2. The number of nitrogens with one attached hydrogen (secondary N) is 1. The SMILES string of the molecule is Nc1cccc2c1CCCN2CC(=O)NCC1Cc2ccccc2O1. The Bertz CT molecular complexity index is 765. The first-order valence-electron chi connectivity index (χ1n) is 8.84. The Balaban J connectivity index is 1.33. The van der Waals surface area contributed by atoms with Crippen molar-refractivity contribution in [2.45, 2.75) is 25.4 Å². The molecule has 0 spiro atoms. The second-order valence-corrected chi connectivity index (χ2v) is 6.73. The summed E-state index contributed by atoms with van der Waals surface area (Å²) in [5.41, 5.74) is 10.4. The average molecular weight is 337 g/mol. The van der Waals surface area contributed by atoms with Crippen LogP contribution in [0.2, 0.25) is 0 Å². The zero-order valence-corrected chi connectivity index (χ0v) is 14.2. The Hall–Kier alpha value is -2.69. The molecule has 130 valence electrons. The number of amides is 1. The highest BCUT2D eigenvalue weighted by molar-refractivity contribution is 5.82. The summed E-state index contributed by atoms with van der Waals surface area (Å²) >= 11 is 0. The molecular weight excluding hydrogens is 314 g/mol. The van der Waals surface area contributed by atoms with Gasteiger partial charge < -0.3 is 20.7 Å². The predicted octanol–water partition coefficient (Wildman–Crippen LogP) is 2.14. The topological polar surface area (TPSA) is 67.6 Å². The number of nitrogen functional groups attached to an aromatic ring is 1. The van der Waals surface area contributed by atoms with E-state index >= 15 is 0 Å². The molecule has 0 aliphatic carbocycles. The van der Waals surface area contributed by atoms with E-state index in [1.807, 2.05) is 30.3 Å². The van der Waals surface area contributed by atoms with Crippen LogP contribution in [-0.4, -0.2) is 31.6 Å². The van der Waals surface area contributed by atoms with E-state index in [0.29, 0.717) is 13.1 Å². The van der Waals surface area contributed by atoms with Crippen molar-refractivity contribution in [3.8, 4) is 5.75 Å². The molecule has 2 heterocycles. The highest BCUT2D eigenvalue weighted by Gasteiger charge is 2.24. The summed E-state index contributed by atoms with van der Waals surface area (Å²) in [5.74, 6) is 0.956. The number of hydrogen-bond acceptors (Lipinski definition) is 4. The van der Waals surface area contributed by atoms with Gasteiger partial charge in [-0.1, -0.05) is 24.3 Å². The number of nitrogens with zero attached hydrogens (tertiary/aromatic N) is 1. The van der Waals surface area contributed by atoms with E-state index in [1.165, 1.54) is 5.56 Å². The minimum atomic E-state index is 0.0191. The van der Waals surface area contributed by atoms with Crippen molar-refractivity contribution >= 4 is 17.3 Å². The third-order valence-corrected chi connectivity index (χ3v) is 4.96. The molecule has 2 aliphatic heterocycles. The van der Waals surface area contributed by atoms with E-state index in [1.54, 1.807) is 0 Å². The van der Waals surface area contributed by atoms with Crippen LogP contribution in [0.4, 0.5) is 11.4 Å². The largest absolute Gasteiger partial charge is 0.488 e.